The highest BCUT2D eigenvalue weighted by Gasteiger charge is 2.02. The second-order valence-corrected chi connectivity index (χ2v) is 6.27. The van der Waals surface area contributed by atoms with Crippen LogP contribution in [-0.2, 0) is 6.54 Å². The minimum absolute atomic E-state index is 0.637. The van der Waals surface area contributed by atoms with E-state index in [1.807, 2.05) is 11.3 Å². The second kappa shape index (κ2) is 8.26. The molecule has 0 spiro atoms. The van der Waals surface area contributed by atoms with E-state index in [4.69, 9.17) is 0 Å². The van der Waals surface area contributed by atoms with E-state index in [-0.39, 0.29) is 0 Å². The Morgan fingerprint density at radius 3 is 2.81 bits per heavy atom. The van der Waals surface area contributed by atoms with Crippen LogP contribution in [0.1, 0.15) is 50.8 Å². The fourth-order valence-electron chi connectivity index (χ4n) is 1.70. The molecule has 0 fully saturated rings. The van der Waals surface area contributed by atoms with Gasteiger partial charge in [0.15, 0.2) is 0 Å². The molecule has 0 aromatic carbocycles. The summed E-state index contributed by atoms with van der Waals surface area (Å²) < 4.78 is 1.20. The van der Waals surface area contributed by atoms with Crippen molar-refractivity contribution in [3.8, 4) is 0 Å². The summed E-state index contributed by atoms with van der Waals surface area (Å²) >= 11 is 5.30. The molecule has 0 saturated carbocycles. The van der Waals surface area contributed by atoms with Crippen LogP contribution in [0.25, 0.3) is 0 Å². The van der Waals surface area contributed by atoms with E-state index < -0.39 is 0 Å². The maximum Gasteiger partial charge on any atom is 0.0302 e. The highest BCUT2D eigenvalue weighted by Crippen LogP contribution is 2.19. The summed E-state index contributed by atoms with van der Waals surface area (Å²) in [5.74, 6) is 0. The summed E-state index contributed by atoms with van der Waals surface area (Å²) in [6, 6.07) is 2.83. The van der Waals surface area contributed by atoms with E-state index in [9.17, 15) is 0 Å². The van der Waals surface area contributed by atoms with Crippen molar-refractivity contribution in [2.75, 3.05) is 0 Å². The average Bonchev–Trinajstić information content (AvgIpc) is 2.68. The summed E-state index contributed by atoms with van der Waals surface area (Å²) in [5.41, 5.74) is 0. The van der Waals surface area contributed by atoms with Gasteiger partial charge in [0.05, 0.1) is 0 Å². The lowest BCUT2D eigenvalue weighted by Gasteiger charge is -2.12. The molecule has 1 unspecified atom stereocenters. The van der Waals surface area contributed by atoms with Gasteiger partial charge in [0.2, 0.25) is 0 Å². The first-order chi connectivity index (χ1) is 7.72. The number of hydrogen-bond donors (Lipinski definition) is 1. The van der Waals surface area contributed by atoms with Gasteiger partial charge in [-0.25, -0.2) is 0 Å². The Morgan fingerprint density at radius 1 is 1.38 bits per heavy atom. The van der Waals surface area contributed by atoms with Crippen LogP contribution in [0, 0.1) is 0 Å². The van der Waals surface area contributed by atoms with Gasteiger partial charge in [0, 0.05) is 27.3 Å². The van der Waals surface area contributed by atoms with Crippen LogP contribution in [0.15, 0.2) is 15.9 Å². The number of unbranched alkanes of at least 4 members (excludes halogenated alkanes) is 3. The van der Waals surface area contributed by atoms with Gasteiger partial charge in [0.1, 0.15) is 0 Å². The van der Waals surface area contributed by atoms with Gasteiger partial charge in [-0.3, -0.25) is 0 Å². The van der Waals surface area contributed by atoms with Gasteiger partial charge in [0.25, 0.3) is 0 Å². The van der Waals surface area contributed by atoms with Gasteiger partial charge in [-0.2, -0.15) is 0 Å². The van der Waals surface area contributed by atoms with Crippen LogP contribution in [0.4, 0.5) is 0 Å². The third-order valence-corrected chi connectivity index (χ3v) is 4.43. The van der Waals surface area contributed by atoms with Gasteiger partial charge in [-0.1, -0.05) is 32.6 Å². The summed E-state index contributed by atoms with van der Waals surface area (Å²) in [6.45, 7) is 5.55. The first-order valence-electron chi connectivity index (χ1n) is 6.18. The highest BCUT2D eigenvalue weighted by molar-refractivity contribution is 9.10. The number of rotatable bonds is 8. The Labute approximate surface area is 112 Å². The molecule has 1 N–H and O–H groups in total. The predicted molar refractivity (Wildman–Crippen MR) is 77.1 cm³/mol. The maximum absolute atomic E-state index is 3.58. The fourth-order valence-corrected chi connectivity index (χ4v) is 3.10. The lowest BCUT2D eigenvalue weighted by atomic mass is 10.1. The molecule has 0 bridgehead atoms. The molecular formula is C13H22BrNS. The third-order valence-electron chi connectivity index (χ3n) is 2.74. The molecule has 1 rings (SSSR count). The fraction of sp³-hybridized carbons (Fsp3) is 0.692. The van der Waals surface area contributed by atoms with Crippen molar-refractivity contribution in [1.82, 2.24) is 5.32 Å². The normalized spacial score (nSPS) is 12.9. The Morgan fingerprint density at radius 2 is 2.19 bits per heavy atom. The molecule has 92 valence electrons. The molecule has 1 heterocycles. The smallest absolute Gasteiger partial charge is 0.0302 e. The SMILES string of the molecule is CCCCCCC(C)NCc1cc(Br)cs1. The zero-order chi connectivity index (χ0) is 11.8. The first-order valence-corrected chi connectivity index (χ1v) is 7.86. The molecule has 0 saturated heterocycles. The van der Waals surface area contributed by atoms with Crippen LogP contribution in [0.3, 0.4) is 0 Å². The molecule has 0 aliphatic rings. The molecule has 0 aliphatic carbocycles. The number of thiophene rings is 1. The average molecular weight is 304 g/mol. The molecule has 0 amide bonds. The number of halogens is 1. The van der Waals surface area contributed by atoms with Crippen molar-refractivity contribution < 1.29 is 0 Å². The summed E-state index contributed by atoms with van der Waals surface area (Å²) in [5, 5.41) is 5.72. The van der Waals surface area contributed by atoms with Crippen molar-refractivity contribution in [3.63, 3.8) is 0 Å². The lowest BCUT2D eigenvalue weighted by Crippen LogP contribution is -2.24. The molecular weight excluding hydrogens is 282 g/mol. The largest absolute Gasteiger partial charge is 0.309 e. The van der Waals surface area contributed by atoms with Crippen LogP contribution in [0.5, 0.6) is 0 Å². The standard InChI is InChI=1S/C13H22BrNS/c1-3-4-5-6-7-11(2)15-9-13-8-12(14)10-16-13/h8,10-11,15H,3-7,9H2,1-2H3. The monoisotopic (exact) mass is 303 g/mol. The topological polar surface area (TPSA) is 12.0 Å². The molecule has 1 nitrogen and oxygen atoms in total. The zero-order valence-electron chi connectivity index (χ0n) is 10.3. The highest BCUT2D eigenvalue weighted by atomic mass is 79.9. The predicted octanol–water partition coefficient (Wildman–Crippen LogP) is 4.96. The first kappa shape index (κ1) is 14.2. The lowest BCUT2D eigenvalue weighted by molar-refractivity contribution is 0.484. The van der Waals surface area contributed by atoms with E-state index in [1.165, 1.54) is 41.5 Å². The van der Waals surface area contributed by atoms with Crippen LogP contribution in [0.2, 0.25) is 0 Å². The van der Waals surface area contributed by atoms with Crippen LogP contribution < -0.4 is 5.32 Å². The second-order valence-electron chi connectivity index (χ2n) is 4.36. The summed E-state index contributed by atoms with van der Waals surface area (Å²) in [6.07, 6.45) is 6.74. The quantitative estimate of drug-likeness (QED) is 0.669. The van der Waals surface area contributed by atoms with E-state index in [2.05, 4.69) is 46.5 Å². The van der Waals surface area contributed by atoms with Gasteiger partial charge >= 0.3 is 0 Å². The third kappa shape index (κ3) is 6.02. The van der Waals surface area contributed by atoms with Crippen molar-refractivity contribution in [2.45, 2.75) is 58.5 Å². The molecule has 16 heavy (non-hydrogen) atoms. The van der Waals surface area contributed by atoms with Crippen molar-refractivity contribution in [3.05, 3.63) is 20.8 Å². The van der Waals surface area contributed by atoms with Crippen LogP contribution >= 0.6 is 27.3 Å². The van der Waals surface area contributed by atoms with Gasteiger partial charge in [-0.05, 0) is 35.3 Å². The van der Waals surface area contributed by atoms with Crippen molar-refractivity contribution in [2.24, 2.45) is 0 Å². The Bertz CT molecular complexity index is 285. The summed E-state index contributed by atoms with van der Waals surface area (Å²) in [4.78, 5) is 1.41. The molecule has 1 aromatic rings. The Kier molecular flexibility index (Phi) is 7.33. The molecule has 0 radical (unpaired) electrons. The minimum atomic E-state index is 0.637. The van der Waals surface area contributed by atoms with E-state index in [0.29, 0.717) is 6.04 Å². The minimum Gasteiger partial charge on any atom is -0.309 e. The molecule has 1 aromatic heterocycles. The van der Waals surface area contributed by atoms with Crippen molar-refractivity contribution >= 4 is 27.3 Å². The molecule has 1 atom stereocenters. The van der Waals surface area contributed by atoms with Crippen molar-refractivity contribution in [1.29, 1.82) is 0 Å². The van der Waals surface area contributed by atoms with E-state index in [0.717, 1.165) is 6.54 Å². The summed E-state index contributed by atoms with van der Waals surface area (Å²) in [7, 11) is 0. The Hall–Kier alpha value is 0.140. The van der Waals surface area contributed by atoms with Gasteiger partial charge < -0.3 is 5.32 Å². The number of hydrogen-bond acceptors (Lipinski definition) is 2. The number of nitrogens with one attached hydrogen (secondary N) is 1. The van der Waals surface area contributed by atoms with E-state index in [1.54, 1.807) is 0 Å². The maximum atomic E-state index is 3.58. The molecule has 0 aliphatic heterocycles. The van der Waals surface area contributed by atoms with Gasteiger partial charge in [-0.15, -0.1) is 11.3 Å². The molecule has 3 heteroatoms. The Balaban J connectivity index is 2.08. The van der Waals surface area contributed by atoms with E-state index >= 15 is 0 Å². The zero-order valence-corrected chi connectivity index (χ0v) is 12.7. The van der Waals surface area contributed by atoms with Crippen LogP contribution in [-0.4, -0.2) is 6.04 Å².